The highest BCUT2D eigenvalue weighted by Crippen LogP contribution is 2.21. The fourth-order valence-electron chi connectivity index (χ4n) is 1.79. The van der Waals surface area contributed by atoms with Crippen LogP contribution in [-0.2, 0) is 6.54 Å². The fourth-order valence-corrected chi connectivity index (χ4v) is 2.21. The second kappa shape index (κ2) is 6.64. The van der Waals surface area contributed by atoms with Crippen LogP contribution in [0.1, 0.15) is 15.9 Å². The van der Waals surface area contributed by atoms with Gasteiger partial charge < -0.3 is 10.6 Å². The third-order valence-corrected chi connectivity index (χ3v) is 3.39. The molecule has 0 atom stereocenters. The van der Waals surface area contributed by atoms with E-state index in [9.17, 15) is 4.79 Å². The van der Waals surface area contributed by atoms with Gasteiger partial charge in [0.25, 0.3) is 5.91 Å². The van der Waals surface area contributed by atoms with E-state index < -0.39 is 0 Å². The van der Waals surface area contributed by atoms with E-state index >= 15 is 0 Å². The Bertz CT molecular complexity index is 629. The van der Waals surface area contributed by atoms with E-state index in [1.807, 2.05) is 30.3 Å². The van der Waals surface area contributed by atoms with E-state index in [0.29, 0.717) is 22.2 Å². The first-order valence-electron chi connectivity index (χ1n) is 6.10. The summed E-state index contributed by atoms with van der Waals surface area (Å²) in [5.74, 6) is -0.207. The normalized spacial score (nSPS) is 10.2. The third-order valence-electron chi connectivity index (χ3n) is 2.82. The molecule has 2 aromatic rings. The monoisotopic (exact) mass is 308 g/mol. The zero-order valence-electron chi connectivity index (χ0n) is 10.9. The highest BCUT2D eigenvalue weighted by molar-refractivity contribution is 6.34. The van der Waals surface area contributed by atoms with E-state index in [0.717, 1.165) is 11.3 Å². The lowest BCUT2D eigenvalue weighted by Crippen LogP contribution is -2.18. The average Bonchev–Trinajstić information content (AvgIpc) is 2.45. The molecule has 0 fully saturated rings. The van der Waals surface area contributed by atoms with E-state index in [1.165, 1.54) is 0 Å². The summed E-state index contributed by atoms with van der Waals surface area (Å²) in [5.41, 5.74) is 2.34. The summed E-state index contributed by atoms with van der Waals surface area (Å²) < 4.78 is 0. The maximum Gasteiger partial charge on any atom is 0.252 e. The maximum atomic E-state index is 11.7. The molecule has 0 aromatic heterocycles. The van der Waals surface area contributed by atoms with Crippen LogP contribution < -0.4 is 10.6 Å². The van der Waals surface area contributed by atoms with Gasteiger partial charge in [-0.3, -0.25) is 4.79 Å². The average molecular weight is 309 g/mol. The number of amides is 1. The zero-order valence-corrected chi connectivity index (χ0v) is 12.4. The van der Waals surface area contributed by atoms with Crippen LogP contribution in [0.4, 0.5) is 5.69 Å². The van der Waals surface area contributed by atoms with Gasteiger partial charge in [0.1, 0.15) is 0 Å². The van der Waals surface area contributed by atoms with Crippen molar-refractivity contribution in [2.45, 2.75) is 6.54 Å². The predicted molar refractivity (Wildman–Crippen MR) is 83.6 cm³/mol. The Hall–Kier alpha value is -1.71. The van der Waals surface area contributed by atoms with E-state index in [4.69, 9.17) is 23.2 Å². The molecular weight excluding hydrogens is 295 g/mol. The molecule has 2 N–H and O–H groups in total. The summed E-state index contributed by atoms with van der Waals surface area (Å²) in [7, 11) is 1.57. The van der Waals surface area contributed by atoms with Gasteiger partial charge in [0.15, 0.2) is 0 Å². The number of hydrogen-bond donors (Lipinski definition) is 2. The molecule has 0 spiro atoms. The highest BCUT2D eigenvalue weighted by Gasteiger charge is 2.09. The van der Waals surface area contributed by atoms with Crippen molar-refractivity contribution in [1.29, 1.82) is 0 Å². The minimum absolute atomic E-state index is 0.207. The van der Waals surface area contributed by atoms with Gasteiger partial charge in [-0.15, -0.1) is 0 Å². The molecule has 0 aliphatic carbocycles. The van der Waals surface area contributed by atoms with Gasteiger partial charge in [-0.1, -0.05) is 35.3 Å². The van der Waals surface area contributed by atoms with Crippen LogP contribution in [0.5, 0.6) is 0 Å². The number of hydrogen-bond acceptors (Lipinski definition) is 2. The SMILES string of the molecule is CNC(=O)c1cc(NCc2cccc(Cl)c2)ccc1Cl. The number of nitrogens with one attached hydrogen (secondary N) is 2. The Morgan fingerprint density at radius 1 is 1.15 bits per heavy atom. The molecule has 0 aliphatic rings. The van der Waals surface area contributed by atoms with Crippen molar-refractivity contribution >= 4 is 34.8 Å². The van der Waals surface area contributed by atoms with Crippen molar-refractivity contribution in [1.82, 2.24) is 5.32 Å². The first-order chi connectivity index (χ1) is 9.60. The number of carbonyl (C=O) groups excluding carboxylic acids is 1. The molecule has 0 saturated heterocycles. The van der Waals surface area contributed by atoms with Crippen molar-refractivity contribution in [2.24, 2.45) is 0 Å². The Kier molecular flexibility index (Phi) is 4.88. The first kappa shape index (κ1) is 14.7. The molecule has 0 saturated carbocycles. The van der Waals surface area contributed by atoms with Crippen molar-refractivity contribution in [3.63, 3.8) is 0 Å². The molecule has 0 unspecified atom stereocenters. The molecule has 104 valence electrons. The van der Waals surface area contributed by atoms with E-state index in [2.05, 4.69) is 10.6 Å². The van der Waals surface area contributed by atoms with Gasteiger partial charge in [0.05, 0.1) is 10.6 Å². The minimum Gasteiger partial charge on any atom is -0.381 e. The summed E-state index contributed by atoms with van der Waals surface area (Å²) in [5, 5.41) is 6.93. The molecule has 2 rings (SSSR count). The van der Waals surface area contributed by atoms with Crippen LogP contribution in [-0.4, -0.2) is 13.0 Å². The fraction of sp³-hybridized carbons (Fsp3) is 0.133. The van der Waals surface area contributed by atoms with Gasteiger partial charge in [0, 0.05) is 24.3 Å². The topological polar surface area (TPSA) is 41.1 Å². The molecule has 5 heteroatoms. The molecular formula is C15H14Cl2N2O. The number of anilines is 1. The van der Waals surface area contributed by atoms with Gasteiger partial charge >= 0.3 is 0 Å². The summed E-state index contributed by atoms with van der Waals surface area (Å²) in [4.78, 5) is 11.7. The molecule has 0 radical (unpaired) electrons. The van der Waals surface area contributed by atoms with Crippen LogP contribution in [0.2, 0.25) is 10.0 Å². The van der Waals surface area contributed by atoms with Crippen LogP contribution in [0.25, 0.3) is 0 Å². The van der Waals surface area contributed by atoms with Crippen LogP contribution in [0.3, 0.4) is 0 Å². The van der Waals surface area contributed by atoms with Crippen LogP contribution in [0.15, 0.2) is 42.5 Å². The molecule has 3 nitrogen and oxygen atoms in total. The maximum absolute atomic E-state index is 11.7. The Labute approximate surface area is 127 Å². The van der Waals surface area contributed by atoms with Crippen LogP contribution >= 0.6 is 23.2 Å². The molecule has 0 bridgehead atoms. The quantitative estimate of drug-likeness (QED) is 0.897. The van der Waals surface area contributed by atoms with Crippen molar-refractivity contribution < 1.29 is 4.79 Å². The van der Waals surface area contributed by atoms with Crippen molar-refractivity contribution in [3.05, 3.63) is 63.6 Å². The lowest BCUT2D eigenvalue weighted by Gasteiger charge is -2.09. The molecule has 20 heavy (non-hydrogen) atoms. The summed E-state index contributed by atoms with van der Waals surface area (Å²) in [6.07, 6.45) is 0. The second-order valence-electron chi connectivity index (χ2n) is 4.26. The molecule has 0 aliphatic heterocycles. The molecule has 0 heterocycles. The van der Waals surface area contributed by atoms with E-state index in [1.54, 1.807) is 19.2 Å². The Morgan fingerprint density at radius 2 is 1.95 bits per heavy atom. The number of halogens is 2. The summed E-state index contributed by atoms with van der Waals surface area (Å²) in [6, 6.07) is 12.9. The minimum atomic E-state index is -0.207. The third kappa shape index (κ3) is 3.65. The zero-order chi connectivity index (χ0) is 14.5. The van der Waals surface area contributed by atoms with Gasteiger partial charge in [-0.05, 0) is 35.9 Å². The van der Waals surface area contributed by atoms with Crippen LogP contribution in [0, 0.1) is 0 Å². The first-order valence-corrected chi connectivity index (χ1v) is 6.85. The number of carbonyl (C=O) groups is 1. The summed E-state index contributed by atoms with van der Waals surface area (Å²) >= 11 is 11.9. The highest BCUT2D eigenvalue weighted by atomic mass is 35.5. The lowest BCUT2D eigenvalue weighted by atomic mass is 10.1. The largest absolute Gasteiger partial charge is 0.381 e. The van der Waals surface area contributed by atoms with Gasteiger partial charge in [-0.2, -0.15) is 0 Å². The standard InChI is InChI=1S/C15H14Cl2N2O/c1-18-15(20)13-8-12(5-6-14(13)17)19-9-10-3-2-4-11(16)7-10/h2-8,19H,9H2,1H3,(H,18,20). The van der Waals surface area contributed by atoms with Crippen molar-refractivity contribution in [2.75, 3.05) is 12.4 Å². The number of rotatable bonds is 4. The Balaban J connectivity index is 2.12. The Morgan fingerprint density at radius 3 is 2.65 bits per heavy atom. The molecule has 2 aromatic carbocycles. The predicted octanol–water partition coefficient (Wildman–Crippen LogP) is 3.97. The second-order valence-corrected chi connectivity index (χ2v) is 5.10. The lowest BCUT2D eigenvalue weighted by molar-refractivity contribution is 0.0963. The smallest absolute Gasteiger partial charge is 0.252 e. The van der Waals surface area contributed by atoms with E-state index in [-0.39, 0.29) is 5.91 Å². The van der Waals surface area contributed by atoms with Gasteiger partial charge in [-0.25, -0.2) is 0 Å². The molecule has 1 amide bonds. The van der Waals surface area contributed by atoms with Gasteiger partial charge in [0.2, 0.25) is 0 Å². The number of benzene rings is 2. The van der Waals surface area contributed by atoms with Crippen molar-refractivity contribution in [3.8, 4) is 0 Å². The summed E-state index contributed by atoms with van der Waals surface area (Å²) in [6.45, 7) is 0.620.